The second-order valence-electron chi connectivity index (χ2n) is 5.10. The summed E-state index contributed by atoms with van der Waals surface area (Å²) in [7, 11) is -3.22. The smallest absolute Gasteiger partial charge is 0.211 e. The van der Waals surface area contributed by atoms with Crippen LogP contribution in [0.2, 0.25) is 0 Å². The van der Waals surface area contributed by atoms with Gasteiger partial charge in [0.1, 0.15) is 5.69 Å². The topological polar surface area (TPSA) is 76.1 Å². The Morgan fingerprint density at radius 1 is 1.33 bits per heavy atom. The Labute approximate surface area is 127 Å². The van der Waals surface area contributed by atoms with E-state index in [-0.39, 0.29) is 6.04 Å². The minimum atomic E-state index is -3.22. The molecule has 0 aliphatic carbocycles. The predicted molar refractivity (Wildman–Crippen MR) is 81.4 cm³/mol. The van der Waals surface area contributed by atoms with Crippen LogP contribution in [0.1, 0.15) is 29.6 Å². The zero-order chi connectivity index (χ0) is 15.0. The highest BCUT2D eigenvalue weighted by molar-refractivity contribution is 7.88. The van der Waals surface area contributed by atoms with Crippen LogP contribution < -0.4 is 0 Å². The first kappa shape index (κ1) is 14.6. The molecular formula is C13H16N4O2S2. The number of hydrogen-bond acceptors (Lipinski definition) is 6. The Kier molecular flexibility index (Phi) is 3.76. The van der Waals surface area contributed by atoms with Crippen LogP contribution in [-0.4, -0.2) is 40.5 Å². The van der Waals surface area contributed by atoms with Crippen LogP contribution in [0.5, 0.6) is 0 Å². The van der Waals surface area contributed by atoms with E-state index in [2.05, 4.69) is 15.0 Å². The fourth-order valence-corrected chi connectivity index (χ4v) is 4.44. The van der Waals surface area contributed by atoms with Gasteiger partial charge >= 0.3 is 0 Å². The van der Waals surface area contributed by atoms with Crippen molar-refractivity contribution in [3.63, 3.8) is 0 Å². The fourth-order valence-electron chi connectivity index (χ4n) is 2.57. The maximum Gasteiger partial charge on any atom is 0.211 e. The molecule has 2 aromatic rings. The van der Waals surface area contributed by atoms with Gasteiger partial charge in [0.15, 0.2) is 0 Å². The monoisotopic (exact) mass is 324 g/mol. The number of aromatic nitrogens is 3. The summed E-state index contributed by atoms with van der Waals surface area (Å²) in [6, 6.07) is -0.207. The molecule has 1 aliphatic heterocycles. The van der Waals surface area contributed by atoms with Crippen molar-refractivity contribution in [2.75, 3.05) is 12.8 Å². The summed E-state index contributed by atoms with van der Waals surface area (Å²) in [4.78, 5) is 14.0. The molecule has 0 amide bonds. The normalized spacial score (nSPS) is 20.0. The Hall–Kier alpha value is -1.38. The number of nitrogens with zero attached hydrogens (tertiary/aromatic N) is 4. The molecule has 112 valence electrons. The number of sulfonamides is 1. The third kappa shape index (κ3) is 2.97. The minimum Gasteiger partial charge on any atom is -0.260 e. The molecule has 2 aromatic heterocycles. The lowest BCUT2D eigenvalue weighted by Crippen LogP contribution is -2.30. The van der Waals surface area contributed by atoms with Crippen LogP contribution in [-0.2, 0) is 10.0 Å². The summed E-state index contributed by atoms with van der Waals surface area (Å²) in [6.07, 6.45) is 8.00. The summed E-state index contributed by atoms with van der Waals surface area (Å²) in [5.41, 5.74) is 1.46. The molecular weight excluding hydrogens is 308 g/mol. The Bertz CT molecular complexity index is 757. The SMILES string of the molecule is Cc1ncc(-c2cncc(C3CCCN3S(C)(=O)=O)n2)s1. The van der Waals surface area contributed by atoms with Gasteiger partial charge in [0.05, 0.1) is 40.3 Å². The average Bonchev–Trinajstić information content (AvgIpc) is 3.06. The quantitative estimate of drug-likeness (QED) is 0.863. The first-order valence-corrected chi connectivity index (χ1v) is 9.33. The molecule has 0 aromatic carbocycles. The molecule has 1 fully saturated rings. The number of rotatable bonds is 3. The molecule has 0 spiro atoms. The lowest BCUT2D eigenvalue weighted by Gasteiger charge is -2.21. The molecule has 1 saturated heterocycles. The van der Waals surface area contributed by atoms with Gasteiger partial charge in [-0.3, -0.25) is 4.98 Å². The number of hydrogen-bond donors (Lipinski definition) is 0. The van der Waals surface area contributed by atoms with Crippen molar-refractivity contribution in [2.24, 2.45) is 0 Å². The van der Waals surface area contributed by atoms with Gasteiger partial charge in [0, 0.05) is 12.7 Å². The third-order valence-corrected chi connectivity index (χ3v) is 5.72. The largest absolute Gasteiger partial charge is 0.260 e. The predicted octanol–water partition coefficient (Wildman–Crippen LogP) is 2.01. The van der Waals surface area contributed by atoms with Gasteiger partial charge in [0.2, 0.25) is 10.0 Å². The summed E-state index contributed by atoms with van der Waals surface area (Å²) in [5.74, 6) is 0. The molecule has 1 unspecified atom stereocenters. The molecule has 21 heavy (non-hydrogen) atoms. The average molecular weight is 324 g/mol. The van der Waals surface area contributed by atoms with E-state index in [0.29, 0.717) is 12.2 Å². The Morgan fingerprint density at radius 3 is 2.81 bits per heavy atom. The van der Waals surface area contributed by atoms with E-state index in [1.165, 1.54) is 10.6 Å². The highest BCUT2D eigenvalue weighted by atomic mass is 32.2. The van der Waals surface area contributed by atoms with Crippen molar-refractivity contribution < 1.29 is 8.42 Å². The van der Waals surface area contributed by atoms with Gasteiger partial charge in [-0.05, 0) is 19.8 Å². The van der Waals surface area contributed by atoms with E-state index in [1.54, 1.807) is 29.9 Å². The van der Waals surface area contributed by atoms with Crippen molar-refractivity contribution in [1.29, 1.82) is 0 Å². The molecule has 0 N–H and O–H groups in total. The van der Waals surface area contributed by atoms with Gasteiger partial charge in [-0.25, -0.2) is 18.4 Å². The molecule has 3 rings (SSSR count). The van der Waals surface area contributed by atoms with Gasteiger partial charge in [-0.15, -0.1) is 11.3 Å². The van der Waals surface area contributed by atoms with Crippen molar-refractivity contribution in [1.82, 2.24) is 19.3 Å². The van der Waals surface area contributed by atoms with Gasteiger partial charge in [-0.1, -0.05) is 0 Å². The van der Waals surface area contributed by atoms with Gasteiger partial charge in [0.25, 0.3) is 0 Å². The van der Waals surface area contributed by atoms with Crippen LogP contribution in [0.3, 0.4) is 0 Å². The summed E-state index contributed by atoms with van der Waals surface area (Å²) < 4.78 is 25.2. The van der Waals surface area contributed by atoms with Crippen LogP contribution in [0.25, 0.3) is 10.6 Å². The molecule has 6 nitrogen and oxygen atoms in total. The van der Waals surface area contributed by atoms with Gasteiger partial charge < -0.3 is 0 Å². The van der Waals surface area contributed by atoms with E-state index in [9.17, 15) is 8.42 Å². The van der Waals surface area contributed by atoms with Gasteiger partial charge in [-0.2, -0.15) is 4.31 Å². The van der Waals surface area contributed by atoms with Crippen molar-refractivity contribution in [3.05, 3.63) is 29.3 Å². The lowest BCUT2D eigenvalue weighted by atomic mass is 10.1. The first-order chi connectivity index (χ1) is 9.95. The zero-order valence-electron chi connectivity index (χ0n) is 11.9. The molecule has 1 aliphatic rings. The second kappa shape index (κ2) is 5.43. The lowest BCUT2D eigenvalue weighted by molar-refractivity contribution is 0.393. The summed E-state index contributed by atoms with van der Waals surface area (Å²) >= 11 is 1.55. The highest BCUT2D eigenvalue weighted by Crippen LogP contribution is 2.33. The van der Waals surface area contributed by atoms with E-state index in [4.69, 9.17) is 0 Å². The van der Waals surface area contributed by atoms with Crippen molar-refractivity contribution >= 4 is 21.4 Å². The first-order valence-electron chi connectivity index (χ1n) is 6.67. The van der Waals surface area contributed by atoms with E-state index >= 15 is 0 Å². The molecule has 3 heterocycles. The fraction of sp³-hybridized carbons (Fsp3) is 0.462. The van der Waals surface area contributed by atoms with Crippen molar-refractivity contribution in [3.8, 4) is 10.6 Å². The van der Waals surface area contributed by atoms with E-state index < -0.39 is 10.0 Å². The summed E-state index contributed by atoms with van der Waals surface area (Å²) in [5, 5.41) is 0.968. The zero-order valence-corrected chi connectivity index (χ0v) is 13.5. The highest BCUT2D eigenvalue weighted by Gasteiger charge is 2.33. The second-order valence-corrected chi connectivity index (χ2v) is 8.27. The maximum absolute atomic E-state index is 11.8. The molecule has 0 saturated carbocycles. The number of aryl methyl sites for hydroxylation is 1. The van der Waals surface area contributed by atoms with Crippen LogP contribution in [0, 0.1) is 6.92 Å². The van der Waals surface area contributed by atoms with Crippen molar-refractivity contribution in [2.45, 2.75) is 25.8 Å². The Morgan fingerprint density at radius 2 is 2.14 bits per heavy atom. The summed E-state index contributed by atoms with van der Waals surface area (Å²) in [6.45, 7) is 2.49. The molecule has 8 heteroatoms. The van der Waals surface area contributed by atoms with E-state index in [0.717, 1.165) is 28.4 Å². The van der Waals surface area contributed by atoms with Crippen LogP contribution in [0.15, 0.2) is 18.6 Å². The standard InChI is InChI=1S/C13H16N4O2S2/c1-9-15-8-13(20-9)11-7-14-6-10(16-11)12-4-3-5-17(12)21(2,18)19/h6-8,12H,3-5H2,1-2H3. The molecule has 1 atom stereocenters. The third-order valence-electron chi connectivity index (χ3n) is 3.50. The molecule has 0 bridgehead atoms. The van der Waals surface area contributed by atoms with E-state index in [1.807, 2.05) is 6.92 Å². The Balaban J connectivity index is 1.96. The maximum atomic E-state index is 11.8. The van der Waals surface area contributed by atoms with Crippen LogP contribution in [0.4, 0.5) is 0 Å². The molecule has 0 radical (unpaired) electrons. The minimum absolute atomic E-state index is 0.207. The number of thiazole rings is 1. The van der Waals surface area contributed by atoms with Crippen LogP contribution >= 0.6 is 11.3 Å².